The maximum atomic E-state index is 12.3. The van der Waals surface area contributed by atoms with Crippen LogP contribution in [0, 0.1) is 5.92 Å². The molecule has 1 saturated heterocycles. The minimum absolute atomic E-state index is 0.350. The van der Waals surface area contributed by atoms with Gasteiger partial charge in [0.2, 0.25) is 5.79 Å². The topological polar surface area (TPSA) is 82.1 Å². The van der Waals surface area contributed by atoms with E-state index in [1.807, 2.05) is 0 Å². The highest BCUT2D eigenvalue weighted by atomic mass is 17.2. The van der Waals surface area contributed by atoms with Crippen LogP contribution in [0.15, 0.2) is 24.3 Å². The zero-order chi connectivity index (χ0) is 14.9. The minimum Gasteiger partial charge on any atom is -0.497 e. The number of carbonyl (C=O) groups excluding carboxylic acids is 2. The molecule has 0 bridgehead atoms. The highest BCUT2D eigenvalue weighted by Crippen LogP contribution is 2.34. The average molecular weight is 280 g/mol. The van der Waals surface area contributed by atoms with Crippen molar-refractivity contribution in [1.29, 1.82) is 0 Å². The van der Waals surface area contributed by atoms with Crippen LogP contribution in [-0.2, 0) is 14.6 Å². The van der Waals surface area contributed by atoms with Crippen LogP contribution < -0.4 is 4.74 Å². The van der Waals surface area contributed by atoms with E-state index in [0.29, 0.717) is 11.3 Å². The third-order valence-corrected chi connectivity index (χ3v) is 3.27. The molecule has 0 amide bonds. The first-order valence-electron chi connectivity index (χ1n) is 6.12. The Balaban J connectivity index is 2.25. The smallest absolute Gasteiger partial charge is 0.209 e. The third kappa shape index (κ3) is 2.58. The molecule has 20 heavy (non-hydrogen) atoms. The first-order valence-corrected chi connectivity index (χ1v) is 6.12. The Kier molecular flexibility index (Phi) is 3.89. The number of aliphatic hydroxyl groups is 1. The Morgan fingerprint density at radius 3 is 2.40 bits per heavy atom. The number of ether oxygens (including phenoxy) is 1. The Morgan fingerprint density at radius 1 is 1.30 bits per heavy atom. The molecule has 108 valence electrons. The molecule has 0 spiro atoms. The van der Waals surface area contributed by atoms with Gasteiger partial charge in [-0.25, -0.2) is 4.89 Å². The standard InChI is InChI=1S/C14H16O6/c1-8(15)11-13(19-20-14(11,2)17)12(16)9-4-6-10(18-3)7-5-9/h4-7,11,13,17H,1-3H3. The molecule has 1 N–H and O–H groups in total. The second kappa shape index (κ2) is 5.32. The molecule has 6 nitrogen and oxygen atoms in total. The SMILES string of the molecule is COc1ccc(C(=O)C2OOC(C)(O)C2C(C)=O)cc1. The van der Waals surface area contributed by atoms with Gasteiger partial charge < -0.3 is 9.84 Å². The van der Waals surface area contributed by atoms with E-state index in [0.717, 1.165) is 0 Å². The summed E-state index contributed by atoms with van der Waals surface area (Å²) >= 11 is 0. The van der Waals surface area contributed by atoms with Crippen molar-refractivity contribution in [2.24, 2.45) is 5.92 Å². The van der Waals surface area contributed by atoms with E-state index in [-0.39, 0.29) is 5.78 Å². The van der Waals surface area contributed by atoms with Gasteiger partial charge in [0, 0.05) is 5.56 Å². The minimum atomic E-state index is -1.81. The van der Waals surface area contributed by atoms with E-state index in [1.165, 1.54) is 21.0 Å². The van der Waals surface area contributed by atoms with Crippen LogP contribution in [0.2, 0.25) is 0 Å². The second-order valence-electron chi connectivity index (χ2n) is 4.84. The largest absolute Gasteiger partial charge is 0.497 e. The van der Waals surface area contributed by atoms with Crippen molar-refractivity contribution < 1.29 is 29.2 Å². The summed E-state index contributed by atoms with van der Waals surface area (Å²) in [6.07, 6.45) is -1.16. The van der Waals surface area contributed by atoms with Crippen molar-refractivity contribution in [3.63, 3.8) is 0 Å². The van der Waals surface area contributed by atoms with Gasteiger partial charge in [-0.05, 0) is 38.1 Å². The lowest BCUT2D eigenvalue weighted by Crippen LogP contribution is -2.42. The van der Waals surface area contributed by atoms with Crippen LogP contribution in [0.1, 0.15) is 24.2 Å². The molecule has 1 fully saturated rings. The van der Waals surface area contributed by atoms with E-state index in [2.05, 4.69) is 0 Å². The van der Waals surface area contributed by atoms with Crippen molar-refractivity contribution in [2.75, 3.05) is 7.11 Å². The summed E-state index contributed by atoms with van der Waals surface area (Å²) in [5.74, 6) is -3.05. The summed E-state index contributed by atoms with van der Waals surface area (Å²) in [6.45, 7) is 2.58. The van der Waals surface area contributed by atoms with Gasteiger partial charge >= 0.3 is 0 Å². The molecule has 0 aliphatic carbocycles. The molecule has 1 aliphatic heterocycles. The second-order valence-corrected chi connectivity index (χ2v) is 4.84. The Morgan fingerprint density at radius 2 is 1.90 bits per heavy atom. The summed E-state index contributed by atoms with van der Waals surface area (Å²) in [5, 5.41) is 9.93. The van der Waals surface area contributed by atoms with Crippen LogP contribution in [0.5, 0.6) is 5.75 Å². The number of hydrogen-bond acceptors (Lipinski definition) is 6. The maximum absolute atomic E-state index is 12.3. The lowest BCUT2D eigenvalue weighted by Gasteiger charge is -2.20. The molecule has 1 aromatic rings. The predicted molar refractivity (Wildman–Crippen MR) is 68.1 cm³/mol. The van der Waals surface area contributed by atoms with Gasteiger partial charge in [0.25, 0.3) is 0 Å². The number of carbonyl (C=O) groups is 2. The van der Waals surface area contributed by atoms with Crippen molar-refractivity contribution in [3.8, 4) is 5.75 Å². The molecule has 1 aromatic carbocycles. The Labute approximate surface area is 116 Å². The Hall–Kier alpha value is -1.76. The third-order valence-electron chi connectivity index (χ3n) is 3.27. The van der Waals surface area contributed by atoms with E-state index in [4.69, 9.17) is 14.5 Å². The summed E-state index contributed by atoms with van der Waals surface area (Å²) in [7, 11) is 1.52. The summed E-state index contributed by atoms with van der Waals surface area (Å²) in [5.41, 5.74) is 0.350. The first-order chi connectivity index (χ1) is 9.36. The molecule has 3 unspecified atom stereocenters. The molecule has 0 saturated carbocycles. The molecule has 2 rings (SSSR count). The van der Waals surface area contributed by atoms with Gasteiger partial charge in [-0.2, -0.15) is 4.89 Å². The molecule has 6 heteroatoms. The number of hydrogen-bond donors (Lipinski definition) is 1. The van der Waals surface area contributed by atoms with Gasteiger partial charge in [0.05, 0.1) is 7.11 Å². The lowest BCUT2D eigenvalue weighted by atomic mass is 9.87. The number of rotatable bonds is 4. The molecule has 0 radical (unpaired) electrons. The fraction of sp³-hybridized carbons (Fsp3) is 0.429. The lowest BCUT2D eigenvalue weighted by molar-refractivity contribution is -0.369. The summed E-state index contributed by atoms with van der Waals surface area (Å²) in [6, 6.07) is 6.39. The van der Waals surface area contributed by atoms with Gasteiger partial charge in [0.15, 0.2) is 11.9 Å². The molecule has 3 atom stereocenters. The molecular weight excluding hydrogens is 264 g/mol. The number of methoxy groups -OCH3 is 1. The van der Waals surface area contributed by atoms with Crippen LogP contribution in [0.4, 0.5) is 0 Å². The van der Waals surface area contributed by atoms with E-state index >= 15 is 0 Å². The quantitative estimate of drug-likeness (QED) is 0.657. The number of Topliss-reactive ketones (excluding diaryl/α,β-unsaturated/α-hetero) is 2. The maximum Gasteiger partial charge on any atom is 0.209 e. The van der Waals surface area contributed by atoms with Gasteiger partial charge in [-0.15, -0.1) is 0 Å². The highest BCUT2D eigenvalue weighted by molar-refractivity contribution is 6.02. The molecule has 1 aliphatic rings. The van der Waals surface area contributed by atoms with Crippen molar-refractivity contribution in [3.05, 3.63) is 29.8 Å². The van der Waals surface area contributed by atoms with Gasteiger partial charge in [-0.1, -0.05) is 0 Å². The molecule has 0 aromatic heterocycles. The van der Waals surface area contributed by atoms with Gasteiger partial charge in [-0.3, -0.25) is 9.59 Å². The highest BCUT2D eigenvalue weighted by Gasteiger charge is 2.53. The molecule has 1 heterocycles. The van der Waals surface area contributed by atoms with Gasteiger partial charge in [0.1, 0.15) is 17.5 Å². The summed E-state index contributed by atoms with van der Waals surface area (Å²) in [4.78, 5) is 33.5. The number of ketones is 2. The fourth-order valence-corrected chi connectivity index (χ4v) is 2.24. The van der Waals surface area contributed by atoms with Crippen LogP contribution in [0.25, 0.3) is 0 Å². The Bertz CT molecular complexity index is 519. The zero-order valence-electron chi connectivity index (χ0n) is 11.5. The van der Waals surface area contributed by atoms with E-state index in [9.17, 15) is 14.7 Å². The summed E-state index contributed by atoms with van der Waals surface area (Å²) < 4.78 is 5.01. The van der Waals surface area contributed by atoms with Crippen molar-refractivity contribution in [2.45, 2.75) is 25.7 Å². The first kappa shape index (κ1) is 14.6. The van der Waals surface area contributed by atoms with Crippen molar-refractivity contribution >= 4 is 11.6 Å². The zero-order valence-corrected chi connectivity index (χ0v) is 11.5. The van der Waals surface area contributed by atoms with Crippen LogP contribution in [-0.4, -0.2) is 35.7 Å². The van der Waals surface area contributed by atoms with E-state index < -0.39 is 23.6 Å². The molecular formula is C14H16O6. The number of benzene rings is 1. The van der Waals surface area contributed by atoms with Crippen LogP contribution in [0.3, 0.4) is 0 Å². The average Bonchev–Trinajstić information content (AvgIpc) is 2.73. The predicted octanol–water partition coefficient (Wildman–Crippen LogP) is 1.12. The van der Waals surface area contributed by atoms with Crippen LogP contribution >= 0.6 is 0 Å². The van der Waals surface area contributed by atoms with E-state index in [1.54, 1.807) is 24.3 Å². The fourth-order valence-electron chi connectivity index (χ4n) is 2.24. The van der Waals surface area contributed by atoms with Crippen molar-refractivity contribution in [1.82, 2.24) is 0 Å². The normalized spacial score (nSPS) is 29.2. The monoisotopic (exact) mass is 280 g/mol.